The molecule has 1 aromatic heterocycles. The summed E-state index contributed by atoms with van der Waals surface area (Å²) in [5.74, 6) is 0. The lowest BCUT2D eigenvalue weighted by Gasteiger charge is -2.14. The van der Waals surface area contributed by atoms with Crippen LogP contribution in [-0.4, -0.2) is 10.2 Å². The topological polar surface area (TPSA) is 25.8 Å². The van der Waals surface area contributed by atoms with Crippen molar-refractivity contribution in [3.05, 3.63) is 23.0 Å². The summed E-state index contributed by atoms with van der Waals surface area (Å²) in [5.41, 5.74) is 4.00. The molecule has 0 spiro atoms. The van der Waals surface area contributed by atoms with E-state index in [2.05, 4.69) is 17.1 Å². The first-order chi connectivity index (χ1) is 5.38. The van der Waals surface area contributed by atoms with E-state index in [1.54, 1.807) is 0 Å². The van der Waals surface area contributed by atoms with Crippen LogP contribution in [-0.2, 0) is 12.8 Å². The van der Waals surface area contributed by atoms with E-state index in [4.69, 9.17) is 0 Å². The van der Waals surface area contributed by atoms with E-state index >= 15 is 0 Å². The fourth-order valence-corrected chi connectivity index (χ4v) is 1.69. The van der Waals surface area contributed by atoms with Gasteiger partial charge in [-0.1, -0.05) is 0 Å². The van der Waals surface area contributed by atoms with Gasteiger partial charge in [0, 0.05) is 0 Å². The number of aryl methyl sites for hydroxylation is 2. The van der Waals surface area contributed by atoms with Crippen molar-refractivity contribution < 1.29 is 0 Å². The highest BCUT2D eigenvalue weighted by atomic mass is 15.1. The van der Waals surface area contributed by atoms with Crippen LogP contribution in [0.25, 0.3) is 0 Å². The predicted octanol–water partition coefficient (Wildman–Crippen LogP) is 1.66. The molecular formula is C9H12N2. The van der Waals surface area contributed by atoms with Crippen LogP contribution in [0.2, 0.25) is 0 Å². The monoisotopic (exact) mass is 148 g/mol. The molecule has 2 heteroatoms. The van der Waals surface area contributed by atoms with Crippen LogP contribution in [0.4, 0.5) is 0 Å². The summed E-state index contributed by atoms with van der Waals surface area (Å²) in [4.78, 5) is 0. The highest BCUT2D eigenvalue weighted by Gasteiger charge is 2.11. The summed E-state index contributed by atoms with van der Waals surface area (Å²) >= 11 is 0. The lowest BCUT2D eigenvalue weighted by molar-refractivity contribution is 0.650. The highest BCUT2D eigenvalue weighted by Crippen LogP contribution is 2.20. The number of aromatic nitrogens is 2. The first-order valence-corrected chi connectivity index (χ1v) is 4.18. The molecule has 0 saturated carbocycles. The zero-order valence-electron chi connectivity index (χ0n) is 6.80. The summed E-state index contributed by atoms with van der Waals surface area (Å²) in [5, 5.41) is 8.08. The number of nitrogens with zero attached hydrogens (tertiary/aromatic N) is 2. The molecule has 0 unspecified atom stereocenters. The lowest BCUT2D eigenvalue weighted by Crippen LogP contribution is -2.08. The number of hydrogen-bond donors (Lipinski definition) is 0. The van der Waals surface area contributed by atoms with E-state index in [1.165, 1.54) is 36.1 Å². The average Bonchev–Trinajstić information content (AvgIpc) is 2.06. The smallest absolute Gasteiger partial charge is 0.0665 e. The highest BCUT2D eigenvalue weighted by molar-refractivity contribution is 5.28. The third-order valence-electron chi connectivity index (χ3n) is 2.34. The first kappa shape index (κ1) is 6.77. The standard InChI is InChI=1S/C9H12N2/c1-7-6-10-11-9-5-3-2-4-8(7)9/h6H,2-5H2,1H3. The van der Waals surface area contributed by atoms with Gasteiger partial charge in [0.25, 0.3) is 0 Å². The van der Waals surface area contributed by atoms with Crippen molar-refractivity contribution in [2.45, 2.75) is 32.6 Å². The summed E-state index contributed by atoms with van der Waals surface area (Å²) in [7, 11) is 0. The van der Waals surface area contributed by atoms with Crippen LogP contribution in [0.3, 0.4) is 0 Å². The van der Waals surface area contributed by atoms with Gasteiger partial charge in [0.05, 0.1) is 11.9 Å². The van der Waals surface area contributed by atoms with Gasteiger partial charge in [-0.15, -0.1) is 0 Å². The Balaban J connectivity index is 2.49. The van der Waals surface area contributed by atoms with E-state index in [0.717, 1.165) is 6.42 Å². The molecule has 0 amide bonds. The van der Waals surface area contributed by atoms with Crippen LogP contribution in [0, 0.1) is 6.92 Å². The van der Waals surface area contributed by atoms with Gasteiger partial charge in [-0.25, -0.2) is 0 Å². The molecule has 2 rings (SSSR count). The molecule has 0 radical (unpaired) electrons. The lowest BCUT2D eigenvalue weighted by atomic mass is 9.94. The molecule has 1 heterocycles. The SMILES string of the molecule is Cc1cnnc2c1CCCC2. The number of hydrogen-bond acceptors (Lipinski definition) is 2. The predicted molar refractivity (Wildman–Crippen MR) is 43.4 cm³/mol. The van der Waals surface area contributed by atoms with Gasteiger partial charge in [-0.05, 0) is 43.7 Å². The van der Waals surface area contributed by atoms with Gasteiger partial charge in [0.2, 0.25) is 0 Å². The Bertz CT molecular complexity index is 268. The third kappa shape index (κ3) is 1.13. The Morgan fingerprint density at radius 1 is 1.27 bits per heavy atom. The largest absolute Gasteiger partial charge is 0.159 e. The molecule has 0 saturated heterocycles. The van der Waals surface area contributed by atoms with Gasteiger partial charge < -0.3 is 0 Å². The Morgan fingerprint density at radius 2 is 2.09 bits per heavy atom. The van der Waals surface area contributed by atoms with Crippen molar-refractivity contribution in [2.75, 3.05) is 0 Å². The zero-order chi connectivity index (χ0) is 7.68. The summed E-state index contributed by atoms with van der Waals surface area (Å²) in [6, 6.07) is 0. The maximum Gasteiger partial charge on any atom is 0.0665 e. The second-order valence-corrected chi connectivity index (χ2v) is 3.16. The maximum absolute atomic E-state index is 4.13. The molecule has 1 aliphatic carbocycles. The van der Waals surface area contributed by atoms with Crippen LogP contribution in [0.1, 0.15) is 29.7 Å². The van der Waals surface area contributed by atoms with Crippen molar-refractivity contribution in [3.63, 3.8) is 0 Å². The number of fused-ring (bicyclic) bond motifs is 1. The fourth-order valence-electron chi connectivity index (χ4n) is 1.69. The van der Waals surface area contributed by atoms with Crippen LogP contribution in [0.15, 0.2) is 6.20 Å². The van der Waals surface area contributed by atoms with Crippen LogP contribution < -0.4 is 0 Å². The normalized spacial score (nSPS) is 16.1. The van der Waals surface area contributed by atoms with Gasteiger partial charge in [0.15, 0.2) is 0 Å². The minimum Gasteiger partial charge on any atom is -0.159 e. The molecule has 2 nitrogen and oxygen atoms in total. The molecular weight excluding hydrogens is 136 g/mol. The second-order valence-electron chi connectivity index (χ2n) is 3.16. The average molecular weight is 148 g/mol. The van der Waals surface area contributed by atoms with Crippen LogP contribution in [0.5, 0.6) is 0 Å². The number of rotatable bonds is 0. The quantitative estimate of drug-likeness (QED) is 0.559. The molecule has 1 aliphatic rings. The van der Waals surface area contributed by atoms with Gasteiger partial charge >= 0.3 is 0 Å². The van der Waals surface area contributed by atoms with Gasteiger partial charge in [0.1, 0.15) is 0 Å². The van der Waals surface area contributed by atoms with Crippen LogP contribution >= 0.6 is 0 Å². The Morgan fingerprint density at radius 3 is 2.91 bits per heavy atom. The summed E-state index contributed by atoms with van der Waals surface area (Å²) in [6.07, 6.45) is 6.80. The minimum atomic E-state index is 1.13. The van der Waals surface area contributed by atoms with E-state index in [9.17, 15) is 0 Å². The summed E-state index contributed by atoms with van der Waals surface area (Å²) in [6.45, 7) is 2.12. The van der Waals surface area contributed by atoms with Crippen molar-refractivity contribution in [2.24, 2.45) is 0 Å². The van der Waals surface area contributed by atoms with Crippen molar-refractivity contribution in [3.8, 4) is 0 Å². The Hall–Kier alpha value is -0.920. The Kier molecular flexibility index (Phi) is 1.60. The third-order valence-corrected chi connectivity index (χ3v) is 2.34. The molecule has 58 valence electrons. The minimum absolute atomic E-state index is 1.13. The van der Waals surface area contributed by atoms with Gasteiger partial charge in [-0.2, -0.15) is 10.2 Å². The molecule has 0 aliphatic heterocycles. The van der Waals surface area contributed by atoms with E-state index in [0.29, 0.717) is 0 Å². The van der Waals surface area contributed by atoms with Gasteiger partial charge in [-0.3, -0.25) is 0 Å². The Labute approximate surface area is 66.7 Å². The first-order valence-electron chi connectivity index (χ1n) is 4.18. The second kappa shape index (κ2) is 2.61. The van der Waals surface area contributed by atoms with Crippen molar-refractivity contribution in [1.29, 1.82) is 0 Å². The van der Waals surface area contributed by atoms with Crippen molar-refractivity contribution in [1.82, 2.24) is 10.2 Å². The van der Waals surface area contributed by atoms with E-state index < -0.39 is 0 Å². The molecule has 0 aromatic carbocycles. The maximum atomic E-state index is 4.13. The molecule has 0 atom stereocenters. The molecule has 0 N–H and O–H groups in total. The van der Waals surface area contributed by atoms with E-state index in [-0.39, 0.29) is 0 Å². The molecule has 1 aromatic rings. The zero-order valence-corrected chi connectivity index (χ0v) is 6.80. The van der Waals surface area contributed by atoms with E-state index in [1.807, 2.05) is 6.20 Å². The van der Waals surface area contributed by atoms with Crippen molar-refractivity contribution >= 4 is 0 Å². The molecule has 0 bridgehead atoms. The fraction of sp³-hybridized carbons (Fsp3) is 0.556. The molecule has 0 fully saturated rings. The summed E-state index contributed by atoms with van der Waals surface area (Å²) < 4.78 is 0. The molecule has 11 heavy (non-hydrogen) atoms.